The molecule has 0 spiro atoms. The number of benzene rings is 3. The molecule has 2 heterocycles. The summed E-state index contributed by atoms with van der Waals surface area (Å²) in [5.74, 6) is 6.01. The zero-order valence-electron chi connectivity index (χ0n) is 16.7. The van der Waals surface area contributed by atoms with Crippen molar-refractivity contribution in [2.24, 2.45) is 16.7 Å². The van der Waals surface area contributed by atoms with Gasteiger partial charge in [0, 0.05) is 32.6 Å². The van der Waals surface area contributed by atoms with Gasteiger partial charge in [0.2, 0.25) is 0 Å². The maximum absolute atomic E-state index is 14.0. The minimum atomic E-state index is -0.338. The minimum absolute atomic E-state index is 0.217. The van der Waals surface area contributed by atoms with Crippen LogP contribution in [0.3, 0.4) is 0 Å². The van der Waals surface area contributed by atoms with Gasteiger partial charge in [0.15, 0.2) is 5.75 Å². The summed E-state index contributed by atoms with van der Waals surface area (Å²) in [6.07, 6.45) is 0. The number of hydrogen-bond acceptors (Lipinski definition) is 4. The van der Waals surface area contributed by atoms with E-state index in [0.29, 0.717) is 22.6 Å². The first-order valence-corrected chi connectivity index (χ1v) is 9.71. The highest BCUT2D eigenvalue weighted by molar-refractivity contribution is 6.20. The minimum Gasteiger partial charge on any atom is -0.487 e. The van der Waals surface area contributed by atoms with Crippen LogP contribution in [-0.2, 0) is 0 Å². The number of nitrogens with two attached hydrogens (primary N) is 2. The monoisotopic (exact) mass is 422 g/mol. The van der Waals surface area contributed by atoms with Crippen molar-refractivity contribution < 1.29 is 13.5 Å². The molecule has 0 amide bonds. The number of halogens is 2. The van der Waals surface area contributed by atoms with E-state index in [9.17, 15) is 8.78 Å². The molecule has 9 heteroatoms. The highest BCUT2D eigenvalue weighted by Gasteiger charge is 2.18. The second-order valence-corrected chi connectivity index (χ2v) is 7.43. The molecule has 7 nitrogen and oxygen atoms in total. The quantitative estimate of drug-likeness (QED) is 0.148. The van der Waals surface area contributed by atoms with Crippen LogP contribution >= 0.6 is 0 Å². The third kappa shape index (κ3) is 3.28. The summed E-state index contributed by atoms with van der Waals surface area (Å²) in [6.45, 7) is 2.14. The van der Waals surface area contributed by atoms with Crippen molar-refractivity contribution >= 4 is 49.4 Å². The maximum Gasteiger partial charge on any atom is 0.167 e. The number of amidine groups is 1. The summed E-state index contributed by atoms with van der Waals surface area (Å²) >= 11 is 0. The summed E-state index contributed by atoms with van der Waals surface area (Å²) in [5, 5.41) is 8.15. The van der Waals surface area contributed by atoms with Crippen LogP contribution in [0.4, 0.5) is 8.78 Å². The molecule has 2 aromatic heterocycles. The van der Waals surface area contributed by atoms with Crippen molar-refractivity contribution in [1.82, 2.24) is 15.1 Å². The van der Waals surface area contributed by atoms with Crippen molar-refractivity contribution in [2.45, 2.75) is 6.92 Å². The number of nitrogens with zero attached hydrogens (tertiary/aromatic N) is 2. The fourth-order valence-electron chi connectivity index (χ4n) is 3.94. The first-order chi connectivity index (χ1) is 14.9. The van der Waals surface area contributed by atoms with Crippen molar-refractivity contribution in [3.8, 4) is 5.75 Å². The van der Waals surface area contributed by atoms with Gasteiger partial charge in [-0.3, -0.25) is 0 Å². The van der Waals surface area contributed by atoms with Crippen LogP contribution in [0, 0.1) is 11.6 Å². The Morgan fingerprint density at radius 2 is 1.48 bits per heavy atom. The lowest BCUT2D eigenvalue weighted by Crippen LogP contribution is -2.32. The van der Waals surface area contributed by atoms with Crippen LogP contribution in [0.1, 0.15) is 6.92 Å². The van der Waals surface area contributed by atoms with Gasteiger partial charge in [-0.2, -0.15) is 0 Å². The van der Waals surface area contributed by atoms with E-state index < -0.39 is 0 Å². The van der Waals surface area contributed by atoms with E-state index in [1.54, 1.807) is 19.1 Å². The number of hydrazine groups is 1. The fraction of sp³-hybridized carbons (Fsp3) is 0.136. The predicted molar refractivity (Wildman–Crippen MR) is 119 cm³/mol. The van der Waals surface area contributed by atoms with E-state index in [2.05, 4.69) is 15.1 Å². The lowest BCUT2D eigenvalue weighted by molar-refractivity contribution is 0.221. The van der Waals surface area contributed by atoms with E-state index in [0.717, 1.165) is 32.6 Å². The second-order valence-electron chi connectivity index (χ2n) is 7.43. The molecule has 0 bridgehead atoms. The Bertz CT molecular complexity index is 1390. The average molecular weight is 422 g/mol. The number of rotatable bonds is 5. The SMILES string of the molecule is C/C(N)=N/N(N)CCOc1c2[nH]c3ccc(F)cc3c2cc2c1[nH]c1ccc(F)cc12. The molecule has 0 aliphatic carbocycles. The Labute approximate surface area is 175 Å². The van der Waals surface area contributed by atoms with Gasteiger partial charge in [0.1, 0.15) is 24.1 Å². The van der Waals surface area contributed by atoms with Gasteiger partial charge in [-0.05, 0) is 49.4 Å². The van der Waals surface area contributed by atoms with Crippen molar-refractivity contribution in [1.29, 1.82) is 0 Å². The molecule has 0 aliphatic heterocycles. The zero-order valence-corrected chi connectivity index (χ0v) is 16.7. The molecule has 0 atom stereocenters. The van der Waals surface area contributed by atoms with Gasteiger partial charge in [0.25, 0.3) is 0 Å². The molecular formula is C22H20F2N6O. The van der Waals surface area contributed by atoms with Gasteiger partial charge < -0.3 is 20.4 Å². The number of hydrogen-bond donors (Lipinski definition) is 4. The van der Waals surface area contributed by atoms with Crippen molar-refractivity contribution in [3.05, 3.63) is 54.1 Å². The Morgan fingerprint density at radius 3 is 2.00 bits per heavy atom. The third-order valence-electron chi connectivity index (χ3n) is 5.20. The number of fused-ring (bicyclic) bond motifs is 6. The summed E-state index contributed by atoms with van der Waals surface area (Å²) in [4.78, 5) is 6.63. The van der Waals surface area contributed by atoms with Crippen molar-refractivity contribution in [2.75, 3.05) is 13.2 Å². The maximum atomic E-state index is 14.0. The van der Waals surface area contributed by atoms with Crippen molar-refractivity contribution in [3.63, 3.8) is 0 Å². The number of aromatic amines is 2. The molecule has 0 aliphatic rings. The van der Waals surface area contributed by atoms with Gasteiger partial charge in [-0.25, -0.2) is 19.7 Å². The fourth-order valence-corrected chi connectivity index (χ4v) is 3.94. The second kappa shape index (κ2) is 7.13. The molecule has 5 rings (SSSR count). The Morgan fingerprint density at radius 1 is 0.935 bits per heavy atom. The van der Waals surface area contributed by atoms with Crippen LogP contribution < -0.4 is 16.3 Å². The molecule has 0 unspecified atom stereocenters. The molecule has 5 aromatic rings. The topological polar surface area (TPSA) is 108 Å². The molecule has 6 N–H and O–H groups in total. The van der Waals surface area contributed by atoms with E-state index in [1.165, 1.54) is 29.4 Å². The molecule has 158 valence electrons. The van der Waals surface area contributed by atoms with Crippen LogP contribution in [0.2, 0.25) is 0 Å². The summed E-state index contributed by atoms with van der Waals surface area (Å²) in [5.41, 5.74) is 8.52. The Kier molecular flexibility index (Phi) is 4.40. The summed E-state index contributed by atoms with van der Waals surface area (Å²) in [6, 6.07) is 11.0. The van der Waals surface area contributed by atoms with Gasteiger partial charge in [0.05, 0.1) is 17.6 Å². The first kappa shape index (κ1) is 19.1. The molecule has 0 radical (unpaired) electrons. The van der Waals surface area contributed by atoms with Crippen LogP contribution in [-0.4, -0.2) is 34.1 Å². The predicted octanol–water partition coefficient (Wildman–Crippen LogP) is 4.08. The van der Waals surface area contributed by atoms with E-state index >= 15 is 0 Å². The number of H-pyrrole nitrogens is 2. The van der Waals surface area contributed by atoms with E-state index in [-0.39, 0.29) is 24.8 Å². The molecule has 3 aromatic carbocycles. The average Bonchev–Trinajstić information content (AvgIpc) is 3.25. The largest absolute Gasteiger partial charge is 0.487 e. The lowest BCUT2D eigenvalue weighted by Gasteiger charge is -2.14. The normalized spacial score (nSPS) is 12.5. The highest BCUT2D eigenvalue weighted by Crippen LogP contribution is 2.41. The van der Waals surface area contributed by atoms with Gasteiger partial charge in [-0.1, -0.05) is 0 Å². The summed E-state index contributed by atoms with van der Waals surface area (Å²) in [7, 11) is 0. The van der Waals surface area contributed by atoms with Crippen LogP contribution in [0.25, 0.3) is 43.6 Å². The number of hydrazone groups is 1. The number of nitrogens with one attached hydrogen (secondary N) is 2. The standard InChI is InChI=1S/C22H20F2N6O/c1-11(25)29-30(26)6-7-31-22-20-16(14-8-12(23)2-4-18(14)27-20)10-17-15-9-13(24)3-5-19(15)28-21(17)22/h2-5,8-10,27-28H,6-7,26H2,1H3,(H2,25,29). The third-order valence-corrected chi connectivity index (χ3v) is 5.20. The lowest BCUT2D eigenvalue weighted by atomic mass is 10.1. The van der Waals surface area contributed by atoms with Crippen LogP contribution in [0.15, 0.2) is 47.6 Å². The van der Waals surface area contributed by atoms with E-state index in [4.69, 9.17) is 16.3 Å². The zero-order chi connectivity index (χ0) is 21.7. The Hall–Kier alpha value is -3.85. The molecule has 0 saturated heterocycles. The Balaban J connectivity index is 1.72. The van der Waals surface area contributed by atoms with Crippen LogP contribution in [0.5, 0.6) is 5.75 Å². The molecule has 0 fully saturated rings. The van der Waals surface area contributed by atoms with Gasteiger partial charge >= 0.3 is 0 Å². The highest BCUT2D eigenvalue weighted by atomic mass is 19.1. The number of aromatic nitrogens is 2. The smallest absolute Gasteiger partial charge is 0.167 e. The first-order valence-electron chi connectivity index (χ1n) is 9.71. The molecular weight excluding hydrogens is 402 g/mol. The van der Waals surface area contributed by atoms with Gasteiger partial charge in [-0.15, -0.1) is 5.10 Å². The summed E-state index contributed by atoms with van der Waals surface area (Å²) < 4.78 is 34.0. The molecule has 31 heavy (non-hydrogen) atoms. The number of ether oxygens (including phenoxy) is 1. The molecule has 0 saturated carbocycles. The van der Waals surface area contributed by atoms with E-state index in [1.807, 2.05) is 6.07 Å².